The minimum absolute atomic E-state index is 0.0890. The van der Waals surface area contributed by atoms with Crippen LogP contribution in [-0.4, -0.2) is 26.6 Å². The van der Waals surface area contributed by atoms with Crippen molar-refractivity contribution in [2.45, 2.75) is 46.1 Å². The maximum Gasteiger partial charge on any atom is 0.228 e. The number of anilines is 1. The number of benzene rings is 2. The highest BCUT2D eigenvalue weighted by molar-refractivity contribution is 5.92. The Morgan fingerprint density at radius 1 is 1.11 bits per heavy atom. The molecule has 0 fully saturated rings. The minimum Gasteiger partial charge on any atom is -0.456 e. The number of aromatic nitrogens is 3. The lowest BCUT2D eigenvalue weighted by atomic mass is 10.1. The van der Waals surface area contributed by atoms with E-state index >= 15 is 0 Å². The third kappa shape index (κ3) is 5.68. The van der Waals surface area contributed by atoms with Crippen molar-refractivity contribution in [1.82, 2.24) is 14.8 Å². The molecular weight excluding hydrogens is 461 g/mol. The van der Waals surface area contributed by atoms with Gasteiger partial charge in [-0.3, -0.25) is 19.3 Å². The van der Waals surface area contributed by atoms with Gasteiger partial charge in [-0.1, -0.05) is 6.07 Å². The van der Waals surface area contributed by atoms with Crippen LogP contribution >= 0.6 is 0 Å². The SMILES string of the molecule is Cc1cc(CC(=O)Nc2cnn(C(C)(C)C)c2)c(F)cc1Oc1ccnc2ccc(CC(N)=O)cc12. The first-order chi connectivity index (χ1) is 17.0. The van der Waals surface area contributed by atoms with Gasteiger partial charge in [0.15, 0.2) is 0 Å². The molecule has 3 N–H and O–H groups in total. The summed E-state index contributed by atoms with van der Waals surface area (Å²) in [5.74, 6) is -0.561. The molecule has 0 radical (unpaired) electrons. The van der Waals surface area contributed by atoms with Gasteiger partial charge in [0.2, 0.25) is 11.8 Å². The number of nitrogens with one attached hydrogen (secondary N) is 1. The number of fused-ring (bicyclic) bond motifs is 1. The highest BCUT2D eigenvalue weighted by atomic mass is 19.1. The molecule has 2 heterocycles. The monoisotopic (exact) mass is 489 g/mol. The molecule has 0 spiro atoms. The van der Waals surface area contributed by atoms with Gasteiger partial charge in [-0.15, -0.1) is 0 Å². The van der Waals surface area contributed by atoms with Crippen molar-refractivity contribution < 1.29 is 18.7 Å². The highest BCUT2D eigenvalue weighted by Gasteiger charge is 2.17. The van der Waals surface area contributed by atoms with E-state index in [1.54, 1.807) is 60.5 Å². The molecule has 36 heavy (non-hydrogen) atoms. The summed E-state index contributed by atoms with van der Waals surface area (Å²) in [7, 11) is 0. The molecule has 0 aliphatic rings. The minimum atomic E-state index is -0.552. The van der Waals surface area contributed by atoms with Crippen LogP contribution in [-0.2, 0) is 28.0 Å². The van der Waals surface area contributed by atoms with Crippen molar-refractivity contribution in [3.8, 4) is 11.5 Å². The molecule has 4 aromatic rings. The first kappa shape index (κ1) is 24.8. The van der Waals surface area contributed by atoms with Gasteiger partial charge in [0.25, 0.3) is 0 Å². The van der Waals surface area contributed by atoms with Crippen molar-refractivity contribution in [3.05, 3.63) is 77.5 Å². The summed E-state index contributed by atoms with van der Waals surface area (Å²) in [5, 5.41) is 7.69. The van der Waals surface area contributed by atoms with Crippen LogP contribution in [0.15, 0.2) is 55.0 Å². The number of hydrogen-bond acceptors (Lipinski definition) is 5. The summed E-state index contributed by atoms with van der Waals surface area (Å²) in [6.45, 7) is 7.79. The highest BCUT2D eigenvalue weighted by Crippen LogP contribution is 2.33. The first-order valence-corrected chi connectivity index (χ1v) is 11.5. The number of aryl methyl sites for hydroxylation is 1. The first-order valence-electron chi connectivity index (χ1n) is 11.5. The van der Waals surface area contributed by atoms with Crippen LogP contribution in [0.2, 0.25) is 0 Å². The van der Waals surface area contributed by atoms with Crippen LogP contribution in [0.25, 0.3) is 10.9 Å². The lowest BCUT2D eigenvalue weighted by Crippen LogP contribution is -2.22. The predicted molar refractivity (Wildman–Crippen MR) is 135 cm³/mol. The molecule has 0 saturated carbocycles. The lowest BCUT2D eigenvalue weighted by molar-refractivity contribution is -0.117. The Hall–Kier alpha value is -4.27. The second-order valence-corrected chi connectivity index (χ2v) is 9.68. The largest absolute Gasteiger partial charge is 0.456 e. The van der Waals surface area contributed by atoms with Gasteiger partial charge in [-0.05, 0) is 68.7 Å². The fourth-order valence-electron chi connectivity index (χ4n) is 3.79. The van der Waals surface area contributed by atoms with Gasteiger partial charge in [0.05, 0.1) is 35.8 Å². The summed E-state index contributed by atoms with van der Waals surface area (Å²) in [4.78, 5) is 28.2. The number of nitrogens with zero attached hydrogens (tertiary/aromatic N) is 3. The number of rotatable bonds is 7. The van der Waals surface area contributed by atoms with Crippen molar-refractivity contribution in [3.63, 3.8) is 0 Å². The summed E-state index contributed by atoms with van der Waals surface area (Å²) >= 11 is 0. The summed E-state index contributed by atoms with van der Waals surface area (Å²) in [6, 6.07) is 9.89. The molecule has 0 atom stereocenters. The van der Waals surface area contributed by atoms with E-state index in [1.807, 2.05) is 20.8 Å². The number of pyridine rings is 1. The van der Waals surface area contributed by atoms with Crippen LogP contribution < -0.4 is 15.8 Å². The second kappa shape index (κ2) is 9.77. The van der Waals surface area contributed by atoms with E-state index in [4.69, 9.17) is 10.5 Å². The van der Waals surface area contributed by atoms with Gasteiger partial charge in [0.1, 0.15) is 17.3 Å². The molecule has 4 rings (SSSR count). The van der Waals surface area contributed by atoms with E-state index in [2.05, 4.69) is 15.4 Å². The topological polar surface area (TPSA) is 112 Å². The van der Waals surface area contributed by atoms with Crippen LogP contribution in [0.5, 0.6) is 11.5 Å². The number of primary amides is 1. The van der Waals surface area contributed by atoms with E-state index < -0.39 is 11.7 Å². The normalized spacial score (nSPS) is 11.5. The average Bonchev–Trinajstić information content (AvgIpc) is 3.26. The molecule has 2 amide bonds. The summed E-state index contributed by atoms with van der Waals surface area (Å²) < 4.78 is 22.8. The Morgan fingerprint density at radius 2 is 1.89 bits per heavy atom. The van der Waals surface area contributed by atoms with Crippen LogP contribution in [0.1, 0.15) is 37.5 Å². The van der Waals surface area contributed by atoms with E-state index in [0.717, 1.165) is 5.56 Å². The van der Waals surface area contributed by atoms with Gasteiger partial charge < -0.3 is 15.8 Å². The molecule has 0 bridgehead atoms. The number of carbonyl (C=O) groups is 2. The molecule has 0 saturated heterocycles. The standard InChI is InChI=1S/C27H28FN5O3/c1-16-9-18(12-26(35)32-19-14-31-33(15-19)27(2,3)4)21(28)13-24(16)36-23-7-8-30-22-6-5-17(10-20(22)23)11-25(29)34/h5-10,13-15H,11-12H2,1-4H3,(H2,29,34)(H,32,35). The maximum absolute atomic E-state index is 15.0. The molecule has 2 aromatic heterocycles. The van der Waals surface area contributed by atoms with Crippen LogP contribution in [0, 0.1) is 12.7 Å². The second-order valence-electron chi connectivity index (χ2n) is 9.68. The molecule has 0 aliphatic heterocycles. The summed E-state index contributed by atoms with van der Waals surface area (Å²) in [6.07, 6.45) is 4.85. The van der Waals surface area contributed by atoms with Crippen LogP contribution in [0.3, 0.4) is 0 Å². The molecule has 0 unspecified atom stereocenters. The predicted octanol–water partition coefficient (Wildman–Crippen LogP) is 4.64. The molecule has 9 heteroatoms. The van der Waals surface area contributed by atoms with Gasteiger partial charge in [0, 0.05) is 23.8 Å². The smallest absolute Gasteiger partial charge is 0.228 e. The lowest BCUT2D eigenvalue weighted by Gasteiger charge is -2.18. The Labute approximate surface area is 208 Å². The number of halogens is 1. The van der Waals surface area contributed by atoms with Gasteiger partial charge in [-0.25, -0.2) is 4.39 Å². The third-order valence-corrected chi connectivity index (χ3v) is 5.61. The van der Waals surface area contributed by atoms with E-state index in [9.17, 15) is 14.0 Å². The fraction of sp³-hybridized carbons (Fsp3) is 0.259. The van der Waals surface area contributed by atoms with E-state index in [-0.39, 0.29) is 29.9 Å². The molecule has 2 aromatic carbocycles. The van der Waals surface area contributed by atoms with Crippen LogP contribution in [0.4, 0.5) is 10.1 Å². The summed E-state index contributed by atoms with van der Waals surface area (Å²) in [5.41, 5.74) is 7.96. The van der Waals surface area contributed by atoms with Gasteiger partial charge in [-0.2, -0.15) is 5.10 Å². The average molecular weight is 490 g/mol. The van der Waals surface area contributed by atoms with Crippen molar-refractivity contribution in [1.29, 1.82) is 0 Å². The quantitative estimate of drug-likeness (QED) is 0.393. The third-order valence-electron chi connectivity index (χ3n) is 5.61. The van der Waals surface area contributed by atoms with Crippen molar-refractivity contribution in [2.24, 2.45) is 5.73 Å². The Kier molecular flexibility index (Phi) is 6.74. The Morgan fingerprint density at radius 3 is 2.58 bits per heavy atom. The van der Waals surface area contributed by atoms with Gasteiger partial charge >= 0.3 is 0 Å². The zero-order valence-corrected chi connectivity index (χ0v) is 20.6. The number of amides is 2. The Balaban J connectivity index is 1.52. The zero-order chi connectivity index (χ0) is 26.0. The fourth-order valence-corrected chi connectivity index (χ4v) is 3.79. The Bertz CT molecular complexity index is 1460. The number of hydrogen-bond donors (Lipinski definition) is 2. The van der Waals surface area contributed by atoms with Crippen molar-refractivity contribution >= 4 is 28.4 Å². The molecule has 0 aliphatic carbocycles. The molecule has 186 valence electrons. The maximum atomic E-state index is 15.0. The van der Waals surface area contributed by atoms with Crippen molar-refractivity contribution in [2.75, 3.05) is 5.32 Å². The zero-order valence-electron chi connectivity index (χ0n) is 20.6. The molecule has 8 nitrogen and oxygen atoms in total. The number of ether oxygens (including phenoxy) is 1. The molecular formula is C27H28FN5O3. The number of carbonyl (C=O) groups excluding carboxylic acids is 2. The number of nitrogens with two attached hydrogens (primary N) is 1. The van der Waals surface area contributed by atoms with E-state index in [0.29, 0.717) is 33.7 Å². The van der Waals surface area contributed by atoms with E-state index in [1.165, 1.54) is 6.07 Å².